The number of aromatic nitrogens is 2. The van der Waals surface area contributed by atoms with Gasteiger partial charge >= 0.3 is 0 Å². The average Bonchev–Trinajstić information content (AvgIpc) is 2.86. The Balaban J connectivity index is 1.74. The maximum absolute atomic E-state index is 12.4. The summed E-state index contributed by atoms with van der Waals surface area (Å²) in [6.45, 7) is 0.145. The molecule has 2 N–H and O–H groups in total. The van der Waals surface area contributed by atoms with Gasteiger partial charge in [-0.15, -0.1) is 0 Å². The first-order chi connectivity index (χ1) is 10.3. The fraction of sp³-hybridized carbons (Fsp3) is 0.500. The Kier molecular flexibility index (Phi) is 4.20. The van der Waals surface area contributed by atoms with Crippen LogP contribution in [-0.2, 0) is 0 Å². The third kappa shape index (κ3) is 3.08. The number of nitrogens with one attached hydrogen (secondary N) is 1. The van der Waals surface area contributed by atoms with E-state index >= 15 is 0 Å². The first-order valence-corrected chi connectivity index (χ1v) is 7.61. The minimum atomic E-state index is -0.0657. The van der Waals surface area contributed by atoms with E-state index in [0.29, 0.717) is 5.56 Å². The maximum atomic E-state index is 12.4. The molecule has 112 valence electrons. The first kappa shape index (κ1) is 14.1. The highest BCUT2D eigenvalue weighted by atomic mass is 16.3. The van der Waals surface area contributed by atoms with Gasteiger partial charge in [0.1, 0.15) is 0 Å². The van der Waals surface area contributed by atoms with Crippen LogP contribution in [0.4, 0.5) is 0 Å². The molecule has 2 aromatic rings. The summed E-state index contributed by atoms with van der Waals surface area (Å²) < 4.78 is 1.87. The van der Waals surface area contributed by atoms with Crippen LogP contribution < -0.4 is 5.32 Å². The number of amides is 1. The van der Waals surface area contributed by atoms with Crippen molar-refractivity contribution >= 4 is 11.4 Å². The van der Waals surface area contributed by atoms with Crippen LogP contribution in [0.5, 0.6) is 0 Å². The van der Waals surface area contributed by atoms with Crippen LogP contribution in [-0.4, -0.2) is 33.0 Å². The Morgan fingerprint density at radius 2 is 2.24 bits per heavy atom. The predicted octanol–water partition coefficient (Wildman–Crippen LogP) is 2.01. The van der Waals surface area contributed by atoms with Crippen molar-refractivity contribution in [3.05, 3.63) is 36.4 Å². The molecule has 1 aliphatic carbocycles. The van der Waals surface area contributed by atoms with E-state index in [0.717, 1.165) is 31.2 Å². The summed E-state index contributed by atoms with van der Waals surface area (Å²) in [5.74, 6) is 0.110. The van der Waals surface area contributed by atoms with E-state index in [1.54, 1.807) is 18.6 Å². The fourth-order valence-electron chi connectivity index (χ4n) is 3.11. The van der Waals surface area contributed by atoms with Crippen molar-refractivity contribution in [2.24, 2.45) is 5.92 Å². The van der Waals surface area contributed by atoms with Gasteiger partial charge in [0.15, 0.2) is 0 Å². The van der Waals surface area contributed by atoms with Crippen LogP contribution in [0.25, 0.3) is 5.52 Å². The third-order valence-corrected chi connectivity index (χ3v) is 4.39. The number of imidazole rings is 1. The molecule has 0 radical (unpaired) electrons. The molecule has 0 spiro atoms. The molecule has 21 heavy (non-hydrogen) atoms. The van der Waals surface area contributed by atoms with Crippen molar-refractivity contribution in [1.29, 1.82) is 0 Å². The van der Waals surface area contributed by atoms with Gasteiger partial charge in [-0.05, 0) is 25.0 Å². The van der Waals surface area contributed by atoms with Gasteiger partial charge in [0, 0.05) is 30.3 Å². The zero-order valence-electron chi connectivity index (χ0n) is 12.0. The lowest BCUT2D eigenvalue weighted by molar-refractivity contribution is 0.0899. The molecule has 2 heterocycles. The number of carbonyl (C=O) groups excluding carboxylic acids is 1. The highest BCUT2D eigenvalue weighted by Crippen LogP contribution is 2.23. The van der Waals surface area contributed by atoms with E-state index in [1.165, 1.54) is 6.42 Å². The zero-order chi connectivity index (χ0) is 14.7. The highest BCUT2D eigenvalue weighted by molar-refractivity contribution is 5.95. The van der Waals surface area contributed by atoms with Gasteiger partial charge in [0.05, 0.1) is 18.0 Å². The molecule has 0 saturated heterocycles. The minimum absolute atomic E-state index is 0.0657. The van der Waals surface area contributed by atoms with E-state index in [2.05, 4.69) is 10.3 Å². The number of aliphatic hydroxyl groups excluding tert-OH is 1. The summed E-state index contributed by atoms with van der Waals surface area (Å²) in [5.41, 5.74) is 1.55. The van der Waals surface area contributed by atoms with E-state index in [1.807, 2.05) is 16.7 Å². The van der Waals surface area contributed by atoms with Crippen LogP contribution >= 0.6 is 0 Å². The van der Waals surface area contributed by atoms with E-state index in [-0.39, 0.29) is 24.5 Å². The number of fused-ring (bicyclic) bond motifs is 1. The number of carbonyl (C=O) groups is 1. The van der Waals surface area contributed by atoms with Crippen LogP contribution in [0.15, 0.2) is 30.9 Å². The van der Waals surface area contributed by atoms with Gasteiger partial charge in [-0.1, -0.05) is 19.3 Å². The molecular weight excluding hydrogens is 266 g/mol. The molecule has 0 aromatic carbocycles. The van der Waals surface area contributed by atoms with Gasteiger partial charge < -0.3 is 14.8 Å². The predicted molar refractivity (Wildman–Crippen MR) is 80.1 cm³/mol. The lowest BCUT2D eigenvalue weighted by Crippen LogP contribution is -2.41. The molecule has 1 amide bonds. The maximum Gasteiger partial charge on any atom is 0.251 e. The van der Waals surface area contributed by atoms with Crippen LogP contribution in [0.2, 0.25) is 0 Å². The van der Waals surface area contributed by atoms with Crippen molar-refractivity contribution in [2.75, 3.05) is 6.61 Å². The van der Waals surface area contributed by atoms with E-state index in [9.17, 15) is 9.90 Å². The van der Waals surface area contributed by atoms with E-state index in [4.69, 9.17) is 0 Å². The molecule has 3 rings (SSSR count). The largest absolute Gasteiger partial charge is 0.396 e. The Bertz CT molecular complexity index is 623. The van der Waals surface area contributed by atoms with Crippen LogP contribution in [0, 0.1) is 5.92 Å². The molecule has 1 saturated carbocycles. The van der Waals surface area contributed by atoms with Crippen molar-refractivity contribution in [1.82, 2.24) is 14.7 Å². The summed E-state index contributed by atoms with van der Waals surface area (Å²) in [5, 5.41) is 12.6. The summed E-state index contributed by atoms with van der Waals surface area (Å²) >= 11 is 0. The Morgan fingerprint density at radius 3 is 3.10 bits per heavy atom. The standard InChI is InChI=1S/C16H21N3O2/c20-10-13-4-2-1-3-5-15(13)18-16(21)12-6-7-19-11-17-9-14(19)8-12/h6-9,11,13,15,20H,1-5,10H2,(H,18,21). The van der Waals surface area contributed by atoms with Crippen molar-refractivity contribution in [3.63, 3.8) is 0 Å². The lowest BCUT2D eigenvalue weighted by Gasteiger charge is -2.24. The molecule has 5 nitrogen and oxygen atoms in total. The first-order valence-electron chi connectivity index (χ1n) is 7.61. The van der Waals surface area contributed by atoms with Crippen LogP contribution in [0.3, 0.4) is 0 Å². The van der Waals surface area contributed by atoms with Crippen LogP contribution in [0.1, 0.15) is 42.5 Å². The topological polar surface area (TPSA) is 66.6 Å². The van der Waals surface area contributed by atoms with Gasteiger partial charge in [-0.3, -0.25) is 4.79 Å². The molecule has 0 bridgehead atoms. The molecule has 2 unspecified atom stereocenters. The highest BCUT2D eigenvalue weighted by Gasteiger charge is 2.24. The monoisotopic (exact) mass is 287 g/mol. The lowest BCUT2D eigenvalue weighted by atomic mass is 9.95. The number of aliphatic hydroxyl groups is 1. The fourth-order valence-corrected chi connectivity index (χ4v) is 3.11. The Morgan fingerprint density at radius 1 is 1.38 bits per heavy atom. The zero-order valence-corrected chi connectivity index (χ0v) is 12.0. The molecule has 1 fully saturated rings. The third-order valence-electron chi connectivity index (χ3n) is 4.39. The van der Waals surface area contributed by atoms with Crippen molar-refractivity contribution in [2.45, 2.75) is 38.1 Å². The number of nitrogens with zero attached hydrogens (tertiary/aromatic N) is 2. The second-order valence-corrected chi connectivity index (χ2v) is 5.80. The SMILES string of the molecule is O=C(NC1CCCCCC1CO)c1ccn2cncc2c1. The summed E-state index contributed by atoms with van der Waals surface area (Å²) in [6, 6.07) is 3.72. The summed E-state index contributed by atoms with van der Waals surface area (Å²) in [6.07, 6.45) is 10.7. The number of rotatable bonds is 3. The van der Waals surface area contributed by atoms with Gasteiger partial charge in [0.2, 0.25) is 0 Å². The quantitative estimate of drug-likeness (QED) is 0.849. The molecular formula is C16H21N3O2. The molecule has 0 aliphatic heterocycles. The summed E-state index contributed by atoms with van der Waals surface area (Å²) in [4.78, 5) is 16.5. The number of hydrogen-bond acceptors (Lipinski definition) is 3. The van der Waals surface area contributed by atoms with Gasteiger partial charge in [-0.25, -0.2) is 4.98 Å². The van der Waals surface area contributed by atoms with Gasteiger partial charge in [0.25, 0.3) is 5.91 Å². The number of hydrogen-bond donors (Lipinski definition) is 2. The average molecular weight is 287 g/mol. The Hall–Kier alpha value is -1.88. The summed E-state index contributed by atoms with van der Waals surface area (Å²) in [7, 11) is 0. The van der Waals surface area contributed by atoms with Gasteiger partial charge in [-0.2, -0.15) is 0 Å². The molecule has 1 aliphatic rings. The molecule has 5 heteroatoms. The number of pyridine rings is 1. The Labute approximate surface area is 124 Å². The molecule has 2 atom stereocenters. The second-order valence-electron chi connectivity index (χ2n) is 5.80. The van der Waals surface area contributed by atoms with E-state index < -0.39 is 0 Å². The minimum Gasteiger partial charge on any atom is -0.396 e. The normalized spacial score (nSPS) is 22.9. The van der Waals surface area contributed by atoms with Crippen molar-refractivity contribution < 1.29 is 9.90 Å². The molecule has 2 aromatic heterocycles. The smallest absolute Gasteiger partial charge is 0.251 e. The van der Waals surface area contributed by atoms with Crippen molar-refractivity contribution in [3.8, 4) is 0 Å². The second kappa shape index (κ2) is 6.26.